The molecule has 0 saturated carbocycles. The van der Waals surface area contributed by atoms with Gasteiger partial charge in [-0.25, -0.2) is 9.66 Å². The molecule has 0 spiro atoms. The number of hydrogen-bond donors (Lipinski definition) is 1. The van der Waals surface area contributed by atoms with Crippen LogP contribution in [0.1, 0.15) is 17.0 Å². The third-order valence-electron chi connectivity index (χ3n) is 3.81. The second-order valence-electron chi connectivity index (χ2n) is 5.27. The summed E-state index contributed by atoms with van der Waals surface area (Å²) in [6.07, 6.45) is 3.07. The molecule has 0 aliphatic carbocycles. The van der Waals surface area contributed by atoms with Crippen molar-refractivity contribution in [2.45, 2.75) is 31.0 Å². The van der Waals surface area contributed by atoms with Crippen LogP contribution in [0.25, 0.3) is 17.2 Å². The van der Waals surface area contributed by atoms with Gasteiger partial charge in [-0.1, -0.05) is 0 Å². The highest BCUT2D eigenvalue weighted by molar-refractivity contribution is 7.99. The number of rotatable bonds is 3. The van der Waals surface area contributed by atoms with Gasteiger partial charge in [0.25, 0.3) is 5.78 Å². The first-order chi connectivity index (χ1) is 11.6. The Balaban J connectivity index is 1.80. The molecule has 0 saturated heterocycles. The highest BCUT2D eigenvalue weighted by atomic mass is 32.2. The van der Waals surface area contributed by atoms with Crippen molar-refractivity contribution in [3.8, 4) is 11.4 Å². The van der Waals surface area contributed by atoms with E-state index >= 15 is 0 Å². The standard InChI is InChI=1S/C14H14N8OS/c1-7-8(2)18-13-16-6-17-22(13)12(7)24-14-20-19-11(21(14)15)10-4-5-23-9(10)3/h4-6H,15H2,1-3H3. The van der Waals surface area contributed by atoms with Crippen LogP contribution in [0, 0.1) is 20.8 Å². The molecule has 10 heteroatoms. The topological polar surface area (TPSA) is 113 Å². The van der Waals surface area contributed by atoms with Crippen LogP contribution in [0.3, 0.4) is 0 Å². The SMILES string of the molecule is Cc1nc2ncnn2c(Sc2nnc(-c3ccoc3C)n2N)c1C. The highest BCUT2D eigenvalue weighted by Gasteiger charge is 2.19. The van der Waals surface area contributed by atoms with Crippen LogP contribution in [0.2, 0.25) is 0 Å². The van der Waals surface area contributed by atoms with Gasteiger partial charge in [0.05, 0.1) is 11.8 Å². The summed E-state index contributed by atoms with van der Waals surface area (Å²) in [6, 6.07) is 1.81. The quantitative estimate of drug-likeness (QED) is 0.443. The molecule has 0 aromatic carbocycles. The molecule has 0 fully saturated rings. The monoisotopic (exact) mass is 342 g/mol. The van der Waals surface area contributed by atoms with Gasteiger partial charge >= 0.3 is 0 Å². The fourth-order valence-electron chi connectivity index (χ4n) is 2.36. The van der Waals surface area contributed by atoms with E-state index in [0.717, 1.165) is 27.6 Å². The summed E-state index contributed by atoms with van der Waals surface area (Å²) in [5.74, 6) is 8.00. The van der Waals surface area contributed by atoms with E-state index in [2.05, 4.69) is 25.3 Å². The van der Waals surface area contributed by atoms with Gasteiger partial charge in [0.2, 0.25) is 5.16 Å². The van der Waals surface area contributed by atoms with E-state index in [4.69, 9.17) is 10.3 Å². The van der Waals surface area contributed by atoms with Gasteiger partial charge in [-0.2, -0.15) is 14.6 Å². The molecular weight excluding hydrogens is 328 g/mol. The third-order valence-corrected chi connectivity index (χ3v) is 4.94. The minimum atomic E-state index is 0.537. The molecule has 2 N–H and O–H groups in total. The molecule has 0 unspecified atom stereocenters. The van der Waals surface area contributed by atoms with Crippen molar-refractivity contribution in [1.29, 1.82) is 0 Å². The Labute approximate surface area is 140 Å². The van der Waals surface area contributed by atoms with Crippen LogP contribution in [-0.4, -0.2) is 34.5 Å². The van der Waals surface area contributed by atoms with E-state index in [9.17, 15) is 0 Å². The van der Waals surface area contributed by atoms with Crippen LogP contribution in [0.5, 0.6) is 0 Å². The Morgan fingerprint density at radius 3 is 2.79 bits per heavy atom. The fourth-order valence-corrected chi connectivity index (χ4v) is 3.31. The molecule has 4 aromatic heterocycles. The summed E-state index contributed by atoms with van der Waals surface area (Å²) in [5, 5.41) is 14.0. The lowest BCUT2D eigenvalue weighted by molar-refractivity contribution is 0.535. The molecule has 122 valence electrons. The lowest BCUT2D eigenvalue weighted by Gasteiger charge is -2.09. The van der Waals surface area contributed by atoms with E-state index in [-0.39, 0.29) is 0 Å². The second kappa shape index (κ2) is 5.34. The normalized spacial score (nSPS) is 11.5. The summed E-state index contributed by atoms with van der Waals surface area (Å²) in [7, 11) is 0. The minimum absolute atomic E-state index is 0.537. The molecule has 0 amide bonds. The van der Waals surface area contributed by atoms with Crippen molar-refractivity contribution in [2.24, 2.45) is 0 Å². The molecular formula is C14H14N8OS. The Bertz CT molecular complexity index is 1050. The first-order valence-corrected chi connectivity index (χ1v) is 7.97. The van der Waals surface area contributed by atoms with Gasteiger partial charge in [-0.3, -0.25) is 0 Å². The minimum Gasteiger partial charge on any atom is -0.469 e. The Hall–Kier alpha value is -2.88. The first kappa shape index (κ1) is 14.7. The molecule has 24 heavy (non-hydrogen) atoms. The number of furan rings is 1. The summed E-state index contributed by atoms with van der Waals surface area (Å²) in [4.78, 5) is 8.55. The smallest absolute Gasteiger partial charge is 0.253 e. The van der Waals surface area contributed by atoms with Crippen molar-refractivity contribution in [3.63, 3.8) is 0 Å². The first-order valence-electron chi connectivity index (χ1n) is 7.16. The van der Waals surface area contributed by atoms with Crippen molar-refractivity contribution in [3.05, 3.63) is 35.7 Å². The van der Waals surface area contributed by atoms with Gasteiger partial charge in [-0.05, 0) is 38.6 Å². The molecule has 0 aliphatic heterocycles. The van der Waals surface area contributed by atoms with Gasteiger partial charge < -0.3 is 10.3 Å². The van der Waals surface area contributed by atoms with Crippen LogP contribution >= 0.6 is 11.8 Å². The average Bonchev–Trinajstić information content (AvgIpc) is 3.25. The second-order valence-corrected chi connectivity index (χ2v) is 6.22. The average molecular weight is 342 g/mol. The maximum absolute atomic E-state index is 6.19. The van der Waals surface area contributed by atoms with Gasteiger partial charge in [-0.15, -0.1) is 10.2 Å². The number of hydrogen-bond acceptors (Lipinski definition) is 8. The maximum Gasteiger partial charge on any atom is 0.253 e. The zero-order valence-corrected chi connectivity index (χ0v) is 14.1. The lowest BCUT2D eigenvalue weighted by Crippen LogP contribution is -2.12. The summed E-state index contributed by atoms with van der Waals surface area (Å²) in [5.41, 5.74) is 2.68. The molecule has 9 nitrogen and oxygen atoms in total. The highest BCUT2D eigenvalue weighted by Crippen LogP contribution is 2.31. The zero-order chi connectivity index (χ0) is 16.8. The van der Waals surface area contributed by atoms with Crippen molar-refractivity contribution in [1.82, 2.24) is 34.5 Å². The van der Waals surface area contributed by atoms with Gasteiger partial charge in [0, 0.05) is 11.3 Å². The van der Waals surface area contributed by atoms with Crippen LogP contribution < -0.4 is 5.84 Å². The molecule has 0 radical (unpaired) electrons. The maximum atomic E-state index is 6.19. The Morgan fingerprint density at radius 2 is 2.04 bits per heavy atom. The van der Waals surface area contributed by atoms with E-state index in [0.29, 0.717) is 16.8 Å². The number of aromatic nitrogens is 7. The molecule has 4 aromatic rings. The van der Waals surface area contributed by atoms with Crippen molar-refractivity contribution >= 4 is 17.5 Å². The summed E-state index contributed by atoms with van der Waals surface area (Å²) >= 11 is 1.37. The van der Waals surface area contributed by atoms with E-state index in [1.54, 1.807) is 10.8 Å². The number of nitrogens with two attached hydrogens (primary N) is 1. The number of fused-ring (bicyclic) bond motifs is 1. The molecule has 0 bridgehead atoms. The molecule has 4 heterocycles. The fraction of sp³-hybridized carbons (Fsp3) is 0.214. The lowest BCUT2D eigenvalue weighted by atomic mass is 10.2. The van der Waals surface area contributed by atoms with E-state index in [1.165, 1.54) is 22.8 Å². The molecule has 4 rings (SSSR count). The van der Waals surface area contributed by atoms with E-state index < -0.39 is 0 Å². The molecule has 0 aliphatic rings. The van der Waals surface area contributed by atoms with E-state index in [1.807, 2.05) is 26.8 Å². The van der Waals surface area contributed by atoms with Crippen LogP contribution in [-0.2, 0) is 0 Å². The predicted octanol–water partition coefficient (Wildman–Crippen LogP) is 1.77. The number of nitrogen functional groups attached to an aromatic ring is 1. The zero-order valence-electron chi connectivity index (χ0n) is 13.3. The summed E-state index contributed by atoms with van der Waals surface area (Å²) in [6.45, 7) is 5.76. The Morgan fingerprint density at radius 1 is 1.21 bits per heavy atom. The Kier molecular flexibility index (Phi) is 3.27. The van der Waals surface area contributed by atoms with Crippen molar-refractivity contribution < 1.29 is 4.42 Å². The third kappa shape index (κ3) is 2.14. The number of aryl methyl sites for hydroxylation is 2. The van der Waals surface area contributed by atoms with Crippen molar-refractivity contribution in [2.75, 3.05) is 5.84 Å². The van der Waals surface area contributed by atoms with Crippen LogP contribution in [0.15, 0.2) is 33.3 Å². The van der Waals surface area contributed by atoms with Gasteiger partial charge in [0.1, 0.15) is 17.1 Å². The predicted molar refractivity (Wildman–Crippen MR) is 87.0 cm³/mol. The van der Waals surface area contributed by atoms with Crippen LogP contribution in [0.4, 0.5) is 0 Å². The molecule has 0 atom stereocenters. The number of nitrogens with zero attached hydrogens (tertiary/aromatic N) is 7. The van der Waals surface area contributed by atoms with Gasteiger partial charge in [0.15, 0.2) is 5.82 Å². The largest absolute Gasteiger partial charge is 0.469 e. The summed E-state index contributed by atoms with van der Waals surface area (Å²) < 4.78 is 8.43.